The Labute approximate surface area is 183 Å². The van der Waals surface area contributed by atoms with Crippen LogP contribution in [0.3, 0.4) is 0 Å². The summed E-state index contributed by atoms with van der Waals surface area (Å²) in [5.74, 6) is 0.844. The number of nitrogens with one attached hydrogen (secondary N) is 1. The molecule has 0 bridgehead atoms. The number of amides is 2. The molecule has 7 heteroatoms. The van der Waals surface area contributed by atoms with Crippen LogP contribution in [0, 0.1) is 0 Å². The number of carbonyl (C=O) groups excluding carboxylic acids is 2. The van der Waals surface area contributed by atoms with Crippen molar-refractivity contribution in [3.8, 4) is 5.75 Å². The number of aromatic nitrogens is 1. The van der Waals surface area contributed by atoms with E-state index < -0.39 is 0 Å². The molecule has 2 amide bonds. The van der Waals surface area contributed by atoms with E-state index in [9.17, 15) is 9.59 Å². The minimum absolute atomic E-state index is 0.0669. The molecule has 1 aromatic carbocycles. The highest BCUT2D eigenvalue weighted by Gasteiger charge is 2.30. The molecule has 31 heavy (non-hydrogen) atoms. The summed E-state index contributed by atoms with van der Waals surface area (Å²) in [6.45, 7) is 5.12. The van der Waals surface area contributed by atoms with Crippen molar-refractivity contribution < 1.29 is 14.3 Å². The number of pyridine rings is 1. The average molecular weight is 423 g/mol. The fourth-order valence-electron chi connectivity index (χ4n) is 4.48. The second-order valence-corrected chi connectivity index (χ2v) is 8.32. The lowest BCUT2D eigenvalue weighted by molar-refractivity contribution is -0.114. The van der Waals surface area contributed by atoms with Crippen LogP contribution in [0.4, 0.5) is 5.69 Å². The van der Waals surface area contributed by atoms with Crippen LogP contribution in [0.5, 0.6) is 5.75 Å². The summed E-state index contributed by atoms with van der Waals surface area (Å²) in [7, 11) is 0. The molecule has 164 valence electrons. The molecule has 0 radical (unpaired) electrons. The third-order valence-corrected chi connectivity index (χ3v) is 6.15. The highest BCUT2D eigenvalue weighted by Crippen LogP contribution is 2.24. The molecule has 0 spiro atoms. The van der Waals surface area contributed by atoms with Gasteiger partial charge < -0.3 is 15.0 Å². The first kappa shape index (κ1) is 21.3. The molecule has 0 atom stereocenters. The summed E-state index contributed by atoms with van der Waals surface area (Å²) in [4.78, 5) is 32.5. The third kappa shape index (κ3) is 5.61. The zero-order valence-corrected chi connectivity index (χ0v) is 18.0. The average Bonchev–Trinajstić information content (AvgIpc) is 2.80. The predicted octanol–water partition coefficient (Wildman–Crippen LogP) is 3.19. The molecule has 2 aliphatic rings. The number of anilines is 1. The van der Waals surface area contributed by atoms with Crippen molar-refractivity contribution in [1.82, 2.24) is 14.8 Å². The topological polar surface area (TPSA) is 74.8 Å². The fourth-order valence-corrected chi connectivity index (χ4v) is 4.48. The molecule has 3 heterocycles. The monoisotopic (exact) mass is 422 g/mol. The molecule has 1 aromatic heterocycles. The van der Waals surface area contributed by atoms with Crippen molar-refractivity contribution in [2.45, 2.75) is 44.8 Å². The van der Waals surface area contributed by atoms with Crippen LogP contribution in [0.25, 0.3) is 0 Å². The SMILES string of the molecule is CC(=O)Nc1ccc(C(=O)N2CCC(N3CCC(Oc4ccncc4)CC3)CC2)cc1. The van der Waals surface area contributed by atoms with Crippen molar-refractivity contribution in [1.29, 1.82) is 0 Å². The van der Waals surface area contributed by atoms with Gasteiger partial charge in [-0.1, -0.05) is 0 Å². The van der Waals surface area contributed by atoms with Gasteiger partial charge in [-0.3, -0.25) is 19.5 Å². The first-order chi connectivity index (χ1) is 15.1. The molecule has 0 saturated carbocycles. The van der Waals surface area contributed by atoms with Crippen molar-refractivity contribution >= 4 is 17.5 Å². The molecule has 1 N–H and O–H groups in total. The quantitative estimate of drug-likeness (QED) is 0.801. The van der Waals surface area contributed by atoms with Gasteiger partial charge >= 0.3 is 0 Å². The van der Waals surface area contributed by atoms with E-state index in [2.05, 4.69) is 15.2 Å². The maximum absolute atomic E-state index is 12.8. The summed E-state index contributed by atoms with van der Waals surface area (Å²) in [5.41, 5.74) is 1.38. The van der Waals surface area contributed by atoms with Crippen LogP contribution in [0.1, 0.15) is 43.0 Å². The van der Waals surface area contributed by atoms with E-state index in [1.807, 2.05) is 17.0 Å². The Balaban J connectivity index is 1.22. The zero-order chi connectivity index (χ0) is 21.6. The number of rotatable bonds is 5. The Hall–Kier alpha value is -2.93. The standard InChI is InChI=1S/C24H30N4O3/c1-18(29)26-20-4-2-19(3-5-20)24(30)28-14-8-21(9-15-28)27-16-10-23(11-17-27)31-22-6-12-25-13-7-22/h2-7,12-13,21,23H,8-11,14-17H2,1H3,(H,26,29). The van der Waals surface area contributed by atoms with Gasteiger partial charge in [0.2, 0.25) is 5.91 Å². The van der Waals surface area contributed by atoms with Gasteiger partial charge in [-0.15, -0.1) is 0 Å². The van der Waals surface area contributed by atoms with Gasteiger partial charge in [-0.2, -0.15) is 0 Å². The fraction of sp³-hybridized carbons (Fsp3) is 0.458. The predicted molar refractivity (Wildman–Crippen MR) is 119 cm³/mol. The molecular formula is C24H30N4O3. The molecule has 2 saturated heterocycles. The van der Waals surface area contributed by atoms with E-state index in [-0.39, 0.29) is 17.9 Å². The Morgan fingerprint density at radius 2 is 1.58 bits per heavy atom. The number of hydrogen-bond donors (Lipinski definition) is 1. The second-order valence-electron chi connectivity index (χ2n) is 8.32. The number of benzene rings is 1. The molecule has 2 aliphatic heterocycles. The van der Waals surface area contributed by atoms with Gasteiger partial charge in [0.25, 0.3) is 5.91 Å². The normalized spacial score (nSPS) is 18.5. The van der Waals surface area contributed by atoms with Gasteiger partial charge in [-0.05, 0) is 62.1 Å². The largest absolute Gasteiger partial charge is 0.490 e. The molecule has 7 nitrogen and oxygen atoms in total. The van der Waals surface area contributed by atoms with Gasteiger partial charge in [0, 0.05) is 62.8 Å². The number of likely N-dealkylation sites (tertiary alicyclic amines) is 2. The van der Waals surface area contributed by atoms with Gasteiger partial charge in [-0.25, -0.2) is 0 Å². The molecule has 0 aliphatic carbocycles. The Kier molecular flexibility index (Phi) is 6.82. The summed E-state index contributed by atoms with van der Waals surface area (Å²) in [6.07, 6.45) is 7.86. The zero-order valence-electron chi connectivity index (χ0n) is 18.0. The lowest BCUT2D eigenvalue weighted by Crippen LogP contribution is -2.50. The van der Waals surface area contributed by atoms with Crippen LogP contribution in [-0.2, 0) is 4.79 Å². The number of nitrogens with zero attached hydrogens (tertiary/aromatic N) is 3. The van der Waals surface area contributed by atoms with Crippen LogP contribution < -0.4 is 10.1 Å². The smallest absolute Gasteiger partial charge is 0.253 e. The first-order valence-corrected chi connectivity index (χ1v) is 11.1. The Morgan fingerprint density at radius 1 is 0.935 bits per heavy atom. The van der Waals surface area contributed by atoms with Crippen LogP contribution in [-0.4, -0.2) is 64.9 Å². The van der Waals surface area contributed by atoms with Gasteiger partial charge in [0.15, 0.2) is 0 Å². The maximum atomic E-state index is 12.8. The first-order valence-electron chi connectivity index (χ1n) is 11.1. The van der Waals surface area contributed by atoms with Crippen molar-refractivity contribution in [2.24, 2.45) is 0 Å². The van der Waals surface area contributed by atoms with Gasteiger partial charge in [0.1, 0.15) is 11.9 Å². The van der Waals surface area contributed by atoms with E-state index in [0.717, 1.165) is 57.6 Å². The number of hydrogen-bond acceptors (Lipinski definition) is 5. The third-order valence-electron chi connectivity index (χ3n) is 6.15. The van der Waals surface area contributed by atoms with Crippen LogP contribution in [0.15, 0.2) is 48.8 Å². The number of ether oxygens (including phenoxy) is 1. The number of carbonyl (C=O) groups is 2. The Morgan fingerprint density at radius 3 is 2.19 bits per heavy atom. The highest BCUT2D eigenvalue weighted by atomic mass is 16.5. The minimum atomic E-state index is -0.117. The molecule has 2 fully saturated rings. The summed E-state index contributed by atoms with van der Waals surface area (Å²) in [5, 5.41) is 2.73. The van der Waals surface area contributed by atoms with E-state index >= 15 is 0 Å². The van der Waals surface area contributed by atoms with E-state index in [0.29, 0.717) is 17.3 Å². The lowest BCUT2D eigenvalue weighted by Gasteiger charge is -2.41. The lowest BCUT2D eigenvalue weighted by atomic mass is 9.98. The van der Waals surface area contributed by atoms with Gasteiger partial charge in [0.05, 0.1) is 0 Å². The van der Waals surface area contributed by atoms with Crippen molar-refractivity contribution in [3.05, 3.63) is 54.4 Å². The second kappa shape index (κ2) is 9.92. The minimum Gasteiger partial charge on any atom is -0.490 e. The summed E-state index contributed by atoms with van der Waals surface area (Å²) < 4.78 is 6.08. The molecule has 4 rings (SSSR count). The van der Waals surface area contributed by atoms with Crippen molar-refractivity contribution in [2.75, 3.05) is 31.5 Å². The van der Waals surface area contributed by atoms with Crippen molar-refractivity contribution in [3.63, 3.8) is 0 Å². The Bertz CT molecular complexity index is 871. The molecular weight excluding hydrogens is 392 g/mol. The highest BCUT2D eigenvalue weighted by molar-refractivity contribution is 5.95. The molecule has 0 unspecified atom stereocenters. The summed E-state index contributed by atoms with van der Waals surface area (Å²) >= 11 is 0. The van der Waals surface area contributed by atoms with E-state index in [1.165, 1.54) is 6.92 Å². The van der Waals surface area contributed by atoms with Crippen LogP contribution >= 0.6 is 0 Å². The molecule has 2 aromatic rings. The van der Waals surface area contributed by atoms with Crippen LogP contribution in [0.2, 0.25) is 0 Å². The maximum Gasteiger partial charge on any atom is 0.253 e. The van der Waals surface area contributed by atoms with E-state index in [1.54, 1.807) is 36.7 Å². The summed E-state index contributed by atoms with van der Waals surface area (Å²) in [6, 6.07) is 11.5. The number of piperidine rings is 2. The van der Waals surface area contributed by atoms with E-state index in [4.69, 9.17) is 4.74 Å².